The molecule has 0 spiro atoms. The highest BCUT2D eigenvalue weighted by atomic mass is 35.5. The fourth-order valence-corrected chi connectivity index (χ4v) is 4.28. The molecule has 2 aromatic carbocycles. The van der Waals surface area contributed by atoms with Gasteiger partial charge in [-0.15, -0.1) is 5.10 Å². The number of amides is 1. The Kier molecular flexibility index (Phi) is 6.50. The van der Waals surface area contributed by atoms with Crippen molar-refractivity contribution >= 4 is 40.8 Å². The number of oxime groups is 1. The van der Waals surface area contributed by atoms with Crippen LogP contribution in [0.2, 0.25) is 10.0 Å². The van der Waals surface area contributed by atoms with Crippen LogP contribution >= 0.6 is 23.2 Å². The largest absolute Gasteiger partial charge is 0.435 e. The summed E-state index contributed by atoms with van der Waals surface area (Å²) in [6, 6.07) is 6.15. The van der Waals surface area contributed by atoms with Crippen LogP contribution in [-0.4, -0.2) is 39.6 Å². The van der Waals surface area contributed by atoms with Gasteiger partial charge in [0.2, 0.25) is 0 Å². The Balaban J connectivity index is 1.64. The highest BCUT2D eigenvalue weighted by molar-refractivity contribution is 6.35. The third-order valence-electron chi connectivity index (χ3n) is 6.00. The lowest BCUT2D eigenvalue weighted by Crippen LogP contribution is -2.42. The normalized spacial score (nSPS) is 17.7. The molecule has 1 aromatic heterocycles. The van der Waals surface area contributed by atoms with Crippen molar-refractivity contribution in [2.24, 2.45) is 12.2 Å². The first-order valence-corrected chi connectivity index (χ1v) is 11.2. The summed E-state index contributed by atoms with van der Waals surface area (Å²) in [5.41, 5.74) is -2.27. The Labute approximate surface area is 213 Å². The van der Waals surface area contributed by atoms with E-state index in [0.29, 0.717) is 22.5 Å². The van der Waals surface area contributed by atoms with E-state index in [4.69, 9.17) is 28.0 Å². The van der Waals surface area contributed by atoms with E-state index < -0.39 is 45.5 Å². The van der Waals surface area contributed by atoms with Crippen molar-refractivity contribution in [3.8, 4) is 0 Å². The molecule has 0 saturated heterocycles. The Morgan fingerprint density at radius 3 is 2.33 bits per heavy atom. The molecule has 36 heavy (non-hydrogen) atoms. The summed E-state index contributed by atoms with van der Waals surface area (Å²) >= 11 is 11.5. The standard InChI is InChI=1S/C23H19Cl2F4N5O2/c1-11-7-13(5-6-15(11)20(35)33(3)21-30-12(2)34(4)31-21)18-10-22(36-32-18,23(27,28)29)14-8-16(24)19(26)17(25)9-14/h5-9H,10H2,1-4H3. The van der Waals surface area contributed by atoms with Gasteiger partial charge in [0, 0.05) is 31.6 Å². The van der Waals surface area contributed by atoms with Gasteiger partial charge in [-0.3, -0.25) is 14.4 Å². The maximum Gasteiger partial charge on any atom is 0.435 e. The fraction of sp³-hybridized carbons (Fsp3) is 0.304. The Morgan fingerprint density at radius 1 is 1.17 bits per heavy atom. The molecule has 1 aliphatic rings. The van der Waals surface area contributed by atoms with Gasteiger partial charge in [0.25, 0.3) is 17.5 Å². The summed E-state index contributed by atoms with van der Waals surface area (Å²) in [4.78, 5) is 23.5. The van der Waals surface area contributed by atoms with Gasteiger partial charge >= 0.3 is 6.18 Å². The molecule has 1 unspecified atom stereocenters. The summed E-state index contributed by atoms with van der Waals surface area (Å²) in [5, 5.41) is 6.73. The zero-order chi connectivity index (χ0) is 26.6. The number of aryl methyl sites for hydroxylation is 3. The van der Waals surface area contributed by atoms with E-state index in [1.165, 1.54) is 34.8 Å². The van der Waals surface area contributed by atoms with E-state index >= 15 is 0 Å². The van der Waals surface area contributed by atoms with Crippen LogP contribution < -0.4 is 4.90 Å². The van der Waals surface area contributed by atoms with Crippen molar-refractivity contribution in [1.29, 1.82) is 0 Å². The summed E-state index contributed by atoms with van der Waals surface area (Å²) < 4.78 is 58.1. The van der Waals surface area contributed by atoms with Gasteiger partial charge in [-0.25, -0.2) is 4.39 Å². The lowest BCUT2D eigenvalue weighted by molar-refractivity contribution is -0.275. The highest BCUT2D eigenvalue weighted by Gasteiger charge is 2.62. The molecule has 1 amide bonds. The van der Waals surface area contributed by atoms with E-state index in [1.807, 2.05) is 0 Å². The number of hydrogen-bond acceptors (Lipinski definition) is 5. The first-order valence-electron chi connectivity index (χ1n) is 10.5. The van der Waals surface area contributed by atoms with Crippen LogP contribution in [0.4, 0.5) is 23.5 Å². The monoisotopic (exact) mass is 543 g/mol. The van der Waals surface area contributed by atoms with Crippen LogP contribution in [0.15, 0.2) is 35.5 Å². The molecule has 1 atom stereocenters. The molecule has 0 radical (unpaired) electrons. The molecule has 0 aliphatic carbocycles. The molecule has 3 aromatic rings. The Morgan fingerprint density at radius 2 is 1.81 bits per heavy atom. The van der Waals surface area contributed by atoms with E-state index in [-0.39, 0.29) is 11.7 Å². The van der Waals surface area contributed by atoms with E-state index in [1.54, 1.807) is 20.9 Å². The molecule has 2 heterocycles. The van der Waals surface area contributed by atoms with Gasteiger partial charge in [0.05, 0.1) is 15.8 Å². The fourth-order valence-electron chi connectivity index (χ4n) is 3.79. The van der Waals surface area contributed by atoms with Gasteiger partial charge in [-0.2, -0.15) is 18.2 Å². The average molecular weight is 544 g/mol. The van der Waals surface area contributed by atoms with Gasteiger partial charge in [0.1, 0.15) is 5.82 Å². The van der Waals surface area contributed by atoms with Gasteiger partial charge < -0.3 is 4.84 Å². The Bertz CT molecular complexity index is 1360. The minimum absolute atomic E-state index is 0.0126. The SMILES string of the molecule is Cc1cc(C2=NOC(c3cc(Cl)c(F)c(Cl)c3)(C(F)(F)F)C2)ccc1C(=O)N(C)c1nc(C)n(C)n1. The first kappa shape index (κ1) is 25.9. The average Bonchev–Trinajstić information content (AvgIpc) is 3.41. The molecule has 1 aliphatic heterocycles. The minimum atomic E-state index is -4.93. The Hall–Kier alpha value is -3.18. The minimum Gasteiger partial charge on any atom is -0.374 e. The highest BCUT2D eigenvalue weighted by Crippen LogP contribution is 2.50. The number of carbonyl (C=O) groups is 1. The number of benzene rings is 2. The molecular weight excluding hydrogens is 525 g/mol. The van der Waals surface area contributed by atoms with E-state index in [9.17, 15) is 22.4 Å². The second-order valence-corrected chi connectivity index (χ2v) is 9.18. The summed E-state index contributed by atoms with van der Waals surface area (Å²) in [6.07, 6.45) is -5.64. The summed E-state index contributed by atoms with van der Waals surface area (Å²) in [7, 11) is 3.22. The first-order chi connectivity index (χ1) is 16.7. The second-order valence-electron chi connectivity index (χ2n) is 8.36. The second kappa shape index (κ2) is 9.04. The number of aromatic nitrogens is 3. The third kappa shape index (κ3) is 4.30. The van der Waals surface area contributed by atoms with Crippen LogP contribution in [0.1, 0.15) is 39.3 Å². The predicted molar refractivity (Wildman–Crippen MR) is 126 cm³/mol. The van der Waals surface area contributed by atoms with Crippen molar-refractivity contribution < 1.29 is 27.2 Å². The molecule has 4 rings (SSSR count). The van der Waals surface area contributed by atoms with Crippen LogP contribution in [0.3, 0.4) is 0 Å². The summed E-state index contributed by atoms with van der Waals surface area (Å²) in [5.74, 6) is -0.596. The smallest absolute Gasteiger partial charge is 0.374 e. The zero-order valence-corrected chi connectivity index (χ0v) is 20.9. The van der Waals surface area contributed by atoms with Crippen LogP contribution in [0, 0.1) is 19.7 Å². The zero-order valence-electron chi connectivity index (χ0n) is 19.4. The van der Waals surface area contributed by atoms with Crippen molar-refractivity contribution in [2.75, 3.05) is 11.9 Å². The van der Waals surface area contributed by atoms with Gasteiger partial charge in [-0.05, 0) is 49.2 Å². The van der Waals surface area contributed by atoms with Crippen LogP contribution in [0.5, 0.6) is 0 Å². The predicted octanol–water partition coefficient (Wildman–Crippen LogP) is 5.74. The number of hydrogen-bond donors (Lipinski definition) is 0. The van der Waals surface area contributed by atoms with E-state index in [2.05, 4.69) is 15.2 Å². The molecule has 0 saturated carbocycles. The van der Waals surface area contributed by atoms with Crippen molar-refractivity contribution in [2.45, 2.75) is 32.0 Å². The number of rotatable bonds is 4. The van der Waals surface area contributed by atoms with Crippen molar-refractivity contribution in [3.05, 3.63) is 74.3 Å². The topological polar surface area (TPSA) is 72.6 Å². The van der Waals surface area contributed by atoms with Gasteiger partial charge in [-0.1, -0.05) is 34.4 Å². The number of alkyl halides is 3. The molecule has 190 valence electrons. The molecule has 7 nitrogen and oxygen atoms in total. The van der Waals surface area contributed by atoms with Crippen molar-refractivity contribution in [3.63, 3.8) is 0 Å². The van der Waals surface area contributed by atoms with Crippen molar-refractivity contribution in [1.82, 2.24) is 14.8 Å². The molecular formula is C23H19Cl2F4N5O2. The van der Waals surface area contributed by atoms with E-state index in [0.717, 1.165) is 12.1 Å². The molecule has 0 fully saturated rings. The molecule has 13 heteroatoms. The lowest BCUT2D eigenvalue weighted by atomic mass is 9.86. The third-order valence-corrected chi connectivity index (χ3v) is 6.55. The van der Waals surface area contributed by atoms with Crippen LogP contribution in [0.25, 0.3) is 0 Å². The molecule has 0 bridgehead atoms. The number of halogens is 6. The quantitative estimate of drug-likeness (QED) is 0.311. The maximum absolute atomic E-state index is 14.2. The molecule has 0 N–H and O–H groups in total. The number of nitrogens with zero attached hydrogens (tertiary/aromatic N) is 5. The van der Waals surface area contributed by atoms with Gasteiger partial charge in [0.15, 0.2) is 5.82 Å². The number of anilines is 1. The summed E-state index contributed by atoms with van der Waals surface area (Å²) in [6.45, 7) is 3.39. The number of carbonyl (C=O) groups excluding carboxylic acids is 1. The van der Waals surface area contributed by atoms with Crippen LogP contribution in [-0.2, 0) is 17.5 Å². The maximum atomic E-state index is 14.2. The lowest BCUT2D eigenvalue weighted by Gasteiger charge is -2.29.